The molecule has 2 aromatic rings. The van der Waals surface area contributed by atoms with Crippen LogP contribution in [0.3, 0.4) is 0 Å². The van der Waals surface area contributed by atoms with E-state index in [9.17, 15) is 0 Å². The predicted octanol–water partition coefficient (Wildman–Crippen LogP) is 3.24. The average Bonchev–Trinajstić information content (AvgIpc) is 2.89. The molecule has 4 N–H and O–H groups in total. The molecular weight excluding hydrogens is 274 g/mol. The minimum atomic E-state index is 0. The molecule has 0 aliphatic carbocycles. The fourth-order valence-corrected chi connectivity index (χ4v) is 2.28. The second kappa shape index (κ2) is 8.84. The molecule has 0 spiro atoms. The van der Waals surface area contributed by atoms with Crippen LogP contribution in [0.2, 0.25) is 0 Å². The van der Waals surface area contributed by atoms with Crippen LogP contribution in [-0.2, 0) is 0 Å². The summed E-state index contributed by atoms with van der Waals surface area (Å²) in [6.07, 6.45) is 5.29. The Labute approximate surface area is 126 Å². The molecule has 0 saturated heterocycles. The highest BCUT2D eigenvalue weighted by atomic mass is 35.5. The van der Waals surface area contributed by atoms with Crippen molar-refractivity contribution in [2.45, 2.75) is 26.2 Å². The standard InChI is InChI=1S/C15H23N3O.ClH/c1-2-12(5-8-16)6-10-18-19-14-3-4-15-13(11-14)7-9-17-15;/h3-4,7,9,11-12,17-18H,2,5-6,8,10,16H2,1H3;1H. The maximum absolute atomic E-state index is 5.59. The van der Waals surface area contributed by atoms with Gasteiger partial charge in [0.2, 0.25) is 0 Å². The SMILES string of the molecule is CCC(CCN)CCNOc1ccc2[nH]ccc2c1.Cl. The molecule has 0 fully saturated rings. The molecule has 0 radical (unpaired) electrons. The normalized spacial score (nSPS) is 12.1. The van der Waals surface area contributed by atoms with Gasteiger partial charge in [-0.1, -0.05) is 13.3 Å². The Morgan fingerprint density at radius 2 is 2.15 bits per heavy atom. The van der Waals surface area contributed by atoms with Gasteiger partial charge in [-0.15, -0.1) is 12.4 Å². The van der Waals surface area contributed by atoms with Gasteiger partial charge in [-0.2, -0.15) is 5.48 Å². The van der Waals surface area contributed by atoms with E-state index in [4.69, 9.17) is 10.6 Å². The van der Waals surface area contributed by atoms with Crippen molar-refractivity contribution in [2.24, 2.45) is 11.7 Å². The van der Waals surface area contributed by atoms with Crippen molar-refractivity contribution >= 4 is 23.3 Å². The molecule has 0 bridgehead atoms. The molecule has 5 heteroatoms. The van der Waals surface area contributed by atoms with Crippen molar-refractivity contribution in [1.82, 2.24) is 10.5 Å². The molecule has 0 aliphatic rings. The van der Waals surface area contributed by atoms with E-state index in [2.05, 4.69) is 17.4 Å². The molecule has 0 aliphatic heterocycles. The first-order valence-electron chi connectivity index (χ1n) is 7.00. The number of hydrogen-bond donors (Lipinski definition) is 3. The van der Waals surface area contributed by atoms with Gasteiger partial charge in [-0.25, -0.2) is 0 Å². The molecule has 2 rings (SSSR count). The zero-order valence-electron chi connectivity index (χ0n) is 11.9. The van der Waals surface area contributed by atoms with E-state index in [1.807, 2.05) is 30.5 Å². The van der Waals surface area contributed by atoms with Crippen LogP contribution in [0.25, 0.3) is 10.9 Å². The summed E-state index contributed by atoms with van der Waals surface area (Å²) in [5, 5.41) is 1.16. The lowest BCUT2D eigenvalue weighted by molar-refractivity contribution is 0.186. The highest BCUT2D eigenvalue weighted by Crippen LogP contribution is 2.19. The number of hydrogen-bond acceptors (Lipinski definition) is 3. The largest absolute Gasteiger partial charge is 0.409 e. The monoisotopic (exact) mass is 297 g/mol. The summed E-state index contributed by atoms with van der Waals surface area (Å²) in [6, 6.07) is 8.05. The Bertz CT molecular complexity index is 501. The Kier molecular flexibility index (Phi) is 7.44. The van der Waals surface area contributed by atoms with Crippen LogP contribution in [0.5, 0.6) is 5.75 Å². The van der Waals surface area contributed by atoms with Gasteiger partial charge in [0.15, 0.2) is 0 Å². The lowest BCUT2D eigenvalue weighted by Crippen LogP contribution is -2.22. The highest BCUT2D eigenvalue weighted by Gasteiger charge is 2.05. The van der Waals surface area contributed by atoms with Crippen LogP contribution in [0.1, 0.15) is 26.2 Å². The molecule has 112 valence electrons. The first kappa shape index (κ1) is 16.8. The van der Waals surface area contributed by atoms with E-state index in [1.54, 1.807) is 0 Å². The minimum Gasteiger partial charge on any atom is -0.409 e. The number of hydroxylamine groups is 1. The second-order valence-corrected chi connectivity index (χ2v) is 4.86. The van der Waals surface area contributed by atoms with Crippen molar-refractivity contribution in [3.8, 4) is 5.75 Å². The summed E-state index contributed by atoms with van der Waals surface area (Å²) in [5.41, 5.74) is 9.75. The van der Waals surface area contributed by atoms with Crippen LogP contribution >= 0.6 is 12.4 Å². The third-order valence-corrected chi connectivity index (χ3v) is 3.52. The molecule has 1 heterocycles. The second-order valence-electron chi connectivity index (χ2n) is 4.86. The number of fused-ring (bicyclic) bond motifs is 1. The highest BCUT2D eigenvalue weighted by molar-refractivity contribution is 5.85. The Hall–Kier alpha value is -1.23. The van der Waals surface area contributed by atoms with Gasteiger partial charge in [0.1, 0.15) is 5.75 Å². The predicted molar refractivity (Wildman–Crippen MR) is 86.2 cm³/mol. The lowest BCUT2D eigenvalue weighted by atomic mass is 9.99. The molecule has 1 aromatic heterocycles. The Morgan fingerprint density at radius 3 is 2.90 bits per heavy atom. The van der Waals surface area contributed by atoms with Crippen molar-refractivity contribution in [1.29, 1.82) is 0 Å². The number of H-pyrrole nitrogens is 1. The third kappa shape index (κ3) is 4.71. The number of rotatable bonds is 8. The van der Waals surface area contributed by atoms with Crippen molar-refractivity contribution < 1.29 is 4.84 Å². The van der Waals surface area contributed by atoms with Crippen LogP contribution < -0.4 is 16.1 Å². The molecular formula is C15H24ClN3O. The Balaban J connectivity index is 0.00000200. The van der Waals surface area contributed by atoms with Crippen LogP contribution in [0.15, 0.2) is 30.5 Å². The topological polar surface area (TPSA) is 63.1 Å². The average molecular weight is 298 g/mol. The number of aromatic amines is 1. The fraction of sp³-hybridized carbons (Fsp3) is 0.467. The van der Waals surface area contributed by atoms with Gasteiger partial charge in [-0.05, 0) is 49.6 Å². The number of aromatic nitrogens is 1. The van der Waals surface area contributed by atoms with Crippen LogP contribution in [0.4, 0.5) is 0 Å². The maximum atomic E-state index is 5.59. The summed E-state index contributed by atoms with van der Waals surface area (Å²) in [4.78, 5) is 8.72. The third-order valence-electron chi connectivity index (χ3n) is 3.52. The molecule has 0 saturated carbocycles. The van der Waals surface area contributed by atoms with Gasteiger partial charge < -0.3 is 15.6 Å². The Morgan fingerprint density at radius 1 is 1.30 bits per heavy atom. The fourth-order valence-electron chi connectivity index (χ4n) is 2.28. The van der Waals surface area contributed by atoms with E-state index >= 15 is 0 Å². The summed E-state index contributed by atoms with van der Waals surface area (Å²) in [7, 11) is 0. The van der Waals surface area contributed by atoms with Crippen molar-refractivity contribution in [3.05, 3.63) is 30.5 Å². The van der Waals surface area contributed by atoms with Gasteiger partial charge in [0, 0.05) is 23.6 Å². The van der Waals surface area contributed by atoms with Crippen molar-refractivity contribution in [3.63, 3.8) is 0 Å². The molecule has 4 nitrogen and oxygen atoms in total. The first-order chi connectivity index (χ1) is 9.33. The zero-order valence-corrected chi connectivity index (χ0v) is 12.7. The van der Waals surface area contributed by atoms with Gasteiger partial charge in [-0.3, -0.25) is 0 Å². The van der Waals surface area contributed by atoms with E-state index in [-0.39, 0.29) is 12.4 Å². The van der Waals surface area contributed by atoms with Gasteiger partial charge in [0.25, 0.3) is 0 Å². The van der Waals surface area contributed by atoms with Gasteiger partial charge in [0.05, 0.1) is 0 Å². The maximum Gasteiger partial charge on any atom is 0.147 e. The summed E-state index contributed by atoms with van der Waals surface area (Å²) >= 11 is 0. The van der Waals surface area contributed by atoms with E-state index in [0.717, 1.165) is 42.6 Å². The molecule has 20 heavy (non-hydrogen) atoms. The number of benzene rings is 1. The summed E-state index contributed by atoms with van der Waals surface area (Å²) < 4.78 is 0. The molecule has 0 amide bonds. The van der Waals surface area contributed by atoms with Crippen molar-refractivity contribution in [2.75, 3.05) is 13.1 Å². The van der Waals surface area contributed by atoms with Crippen LogP contribution in [0, 0.1) is 5.92 Å². The van der Waals surface area contributed by atoms with E-state index in [0.29, 0.717) is 5.92 Å². The zero-order chi connectivity index (χ0) is 13.5. The van der Waals surface area contributed by atoms with E-state index in [1.165, 1.54) is 6.42 Å². The summed E-state index contributed by atoms with van der Waals surface area (Å²) in [6.45, 7) is 3.83. The molecule has 1 unspecified atom stereocenters. The van der Waals surface area contributed by atoms with Gasteiger partial charge >= 0.3 is 0 Å². The minimum absolute atomic E-state index is 0. The number of halogens is 1. The van der Waals surface area contributed by atoms with Crippen LogP contribution in [-0.4, -0.2) is 18.1 Å². The lowest BCUT2D eigenvalue weighted by Gasteiger charge is -2.14. The quantitative estimate of drug-likeness (QED) is 0.518. The molecule has 1 aromatic carbocycles. The number of nitrogens with one attached hydrogen (secondary N) is 2. The smallest absolute Gasteiger partial charge is 0.147 e. The number of nitrogens with two attached hydrogens (primary N) is 1. The first-order valence-corrected chi connectivity index (χ1v) is 7.00. The van der Waals surface area contributed by atoms with E-state index < -0.39 is 0 Å². The molecule has 1 atom stereocenters. The summed E-state index contributed by atoms with van der Waals surface area (Å²) in [5.74, 6) is 1.53.